The van der Waals surface area contributed by atoms with E-state index in [1.54, 1.807) is 25.7 Å². The average molecular weight is 369 g/mol. The van der Waals surface area contributed by atoms with Gasteiger partial charge in [0.2, 0.25) is 11.8 Å². The standard InChI is InChI=1S/C18H31N3O5/c1-6-12(2)9-19-10-14-20(17(25)26-18(3,4)5)8-7-15(23)21(14)13(11-22)16(19)24/h12-14,22H,6-11H2,1-5H3. The number of amides is 3. The molecule has 8 heteroatoms. The Hall–Kier alpha value is -1.83. The zero-order chi connectivity index (χ0) is 19.6. The predicted octanol–water partition coefficient (Wildman–Crippen LogP) is 1.03. The lowest BCUT2D eigenvalue weighted by Crippen LogP contribution is -2.72. The second kappa shape index (κ2) is 7.82. The molecule has 2 fully saturated rings. The fraction of sp³-hybridized carbons (Fsp3) is 0.833. The van der Waals surface area contributed by atoms with E-state index in [9.17, 15) is 19.5 Å². The van der Waals surface area contributed by atoms with Gasteiger partial charge in [-0.3, -0.25) is 14.5 Å². The third-order valence-corrected chi connectivity index (χ3v) is 4.88. The number of aliphatic hydroxyl groups is 1. The van der Waals surface area contributed by atoms with Crippen molar-refractivity contribution in [1.82, 2.24) is 14.7 Å². The fourth-order valence-corrected chi connectivity index (χ4v) is 3.36. The largest absolute Gasteiger partial charge is 0.444 e. The van der Waals surface area contributed by atoms with Crippen molar-refractivity contribution in [2.75, 3.05) is 26.2 Å². The van der Waals surface area contributed by atoms with E-state index in [-0.39, 0.29) is 31.3 Å². The summed E-state index contributed by atoms with van der Waals surface area (Å²) in [6, 6.07) is -0.949. The molecule has 3 unspecified atom stereocenters. The van der Waals surface area contributed by atoms with Crippen LogP contribution in [0.15, 0.2) is 0 Å². The maximum absolute atomic E-state index is 12.8. The van der Waals surface area contributed by atoms with Crippen molar-refractivity contribution in [2.45, 2.75) is 65.3 Å². The number of rotatable bonds is 4. The highest BCUT2D eigenvalue weighted by molar-refractivity contribution is 5.90. The van der Waals surface area contributed by atoms with Crippen LogP contribution in [0.25, 0.3) is 0 Å². The lowest BCUT2D eigenvalue weighted by molar-refractivity contribution is -0.171. The molecule has 0 aromatic heterocycles. The average Bonchev–Trinajstić information content (AvgIpc) is 2.54. The summed E-state index contributed by atoms with van der Waals surface area (Å²) in [5.74, 6) is -0.187. The molecule has 2 heterocycles. The molecule has 8 nitrogen and oxygen atoms in total. The van der Waals surface area contributed by atoms with E-state index in [1.165, 1.54) is 9.80 Å². The zero-order valence-electron chi connectivity index (χ0n) is 16.4. The Morgan fingerprint density at radius 2 is 2.00 bits per heavy atom. The van der Waals surface area contributed by atoms with Crippen molar-refractivity contribution in [1.29, 1.82) is 0 Å². The Bertz CT molecular complexity index is 560. The van der Waals surface area contributed by atoms with E-state index in [0.29, 0.717) is 12.5 Å². The molecule has 0 saturated carbocycles. The molecule has 0 aliphatic carbocycles. The summed E-state index contributed by atoms with van der Waals surface area (Å²) < 4.78 is 5.48. The minimum absolute atomic E-state index is 0.116. The van der Waals surface area contributed by atoms with Crippen molar-refractivity contribution in [3.05, 3.63) is 0 Å². The first-order valence-corrected chi connectivity index (χ1v) is 9.29. The number of fused-ring (bicyclic) bond motifs is 1. The number of hydrogen-bond donors (Lipinski definition) is 1. The highest BCUT2D eigenvalue weighted by atomic mass is 16.6. The van der Waals surface area contributed by atoms with Crippen molar-refractivity contribution in [2.24, 2.45) is 5.92 Å². The minimum atomic E-state index is -0.949. The summed E-state index contributed by atoms with van der Waals surface area (Å²) in [6.07, 6.45) is -0.0822. The number of carbonyl (C=O) groups excluding carboxylic acids is 3. The summed E-state index contributed by atoms with van der Waals surface area (Å²) in [5.41, 5.74) is -0.652. The lowest BCUT2D eigenvalue weighted by atomic mass is 10.0. The molecule has 2 aliphatic rings. The number of nitrogens with zero attached hydrogens (tertiary/aromatic N) is 3. The maximum Gasteiger partial charge on any atom is 0.412 e. The van der Waals surface area contributed by atoms with Crippen molar-refractivity contribution >= 4 is 17.9 Å². The monoisotopic (exact) mass is 369 g/mol. The fourth-order valence-electron chi connectivity index (χ4n) is 3.36. The smallest absolute Gasteiger partial charge is 0.412 e. The molecule has 0 aromatic carbocycles. The molecule has 0 radical (unpaired) electrons. The Kier molecular flexibility index (Phi) is 6.16. The van der Waals surface area contributed by atoms with Gasteiger partial charge in [0.1, 0.15) is 17.8 Å². The molecule has 0 bridgehead atoms. The van der Waals surface area contributed by atoms with Crippen LogP contribution in [0, 0.1) is 5.92 Å². The maximum atomic E-state index is 12.8. The molecule has 2 aliphatic heterocycles. The molecular formula is C18H31N3O5. The summed E-state index contributed by atoms with van der Waals surface area (Å²) in [6.45, 7) is 10.0. The summed E-state index contributed by atoms with van der Waals surface area (Å²) in [7, 11) is 0. The normalized spacial score (nSPS) is 25.2. The van der Waals surface area contributed by atoms with Crippen LogP contribution in [-0.4, -0.2) is 81.8 Å². The van der Waals surface area contributed by atoms with Gasteiger partial charge in [-0.05, 0) is 26.7 Å². The van der Waals surface area contributed by atoms with E-state index in [1.807, 2.05) is 13.8 Å². The van der Waals surface area contributed by atoms with E-state index < -0.39 is 30.5 Å². The third kappa shape index (κ3) is 4.28. The molecule has 148 valence electrons. The Balaban J connectivity index is 2.29. The molecule has 2 saturated heterocycles. The molecule has 0 aromatic rings. The summed E-state index contributed by atoms with van der Waals surface area (Å²) in [4.78, 5) is 42.4. The van der Waals surface area contributed by atoms with E-state index in [2.05, 4.69) is 0 Å². The second-order valence-electron chi connectivity index (χ2n) is 8.16. The second-order valence-corrected chi connectivity index (χ2v) is 8.16. The van der Waals surface area contributed by atoms with Crippen LogP contribution >= 0.6 is 0 Å². The van der Waals surface area contributed by atoms with Crippen molar-refractivity contribution in [3.8, 4) is 0 Å². The number of piperazine rings is 1. The highest BCUT2D eigenvalue weighted by Crippen LogP contribution is 2.27. The number of hydrogen-bond acceptors (Lipinski definition) is 5. The Labute approximate surface area is 155 Å². The van der Waals surface area contributed by atoms with Crippen LogP contribution in [0.2, 0.25) is 0 Å². The number of aliphatic hydroxyl groups excluding tert-OH is 1. The van der Waals surface area contributed by atoms with Gasteiger partial charge in [-0.15, -0.1) is 0 Å². The summed E-state index contributed by atoms with van der Waals surface area (Å²) >= 11 is 0. The SMILES string of the molecule is CCC(C)CN1CC2N(C(=O)OC(C)(C)C)CCC(=O)N2C(CO)C1=O. The molecule has 2 rings (SSSR count). The molecule has 1 N–H and O–H groups in total. The lowest BCUT2D eigenvalue weighted by Gasteiger charge is -2.52. The van der Waals surface area contributed by atoms with Crippen LogP contribution in [-0.2, 0) is 14.3 Å². The van der Waals surface area contributed by atoms with Gasteiger partial charge >= 0.3 is 6.09 Å². The van der Waals surface area contributed by atoms with Gasteiger partial charge in [-0.1, -0.05) is 20.3 Å². The van der Waals surface area contributed by atoms with Crippen LogP contribution in [0.1, 0.15) is 47.5 Å². The predicted molar refractivity (Wildman–Crippen MR) is 95.1 cm³/mol. The Morgan fingerprint density at radius 1 is 1.35 bits per heavy atom. The van der Waals surface area contributed by atoms with E-state index in [4.69, 9.17) is 4.74 Å². The zero-order valence-corrected chi connectivity index (χ0v) is 16.4. The Morgan fingerprint density at radius 3 is 2.54 bits per heavy atom. The quantitative estimate of drug-likeness (QED) is 0.799. The van der Waals surface area contributed by atoms with Crippen LogP contribution < -0.4 is 0 Å². The van der Waals surface area contributed by atoms with Crippen molar-refractivity contribution < 1.29 is 24.2 Å². The minimum Gasteiger partial charge on any atom is -0.444 e. The van der Waals surface area contributed by atoms with Crippen LogP contribution in [0.3, 0.4) is 0 Å². The van der Waals surface area contributed by atoms with Crippen LogP contribution in [0.5, 0.6) is 0 Å². The van der Waals surface area contributed by atoms with Crippen molar-refractivity contribution in [3.63, 3.8) is 0 Å². The first-order valence-electron chi connectivity index (χ1n) is 9.29. The molecule has 3 atom stereocenters. The molecule has 26 heavy (non-hydrogen) atoms. The summed E-state index contributed by atoms with van der Waals surface area (Å²) in [5, 5.41) is 9.76. The van der Waals surface area contributed by atoms with Gasteiger partial charge in [0.25, 0.3) is 0 Å². The topological polar surface area (TPSA) is 90.4 Å². The van der Waals surface area contributed by atoms with E-state index >= 15 is 0 Å². The van der Waals surface area contributed by atoms with Gasteiger partial charge in [-0.25, -0.2) is 4.79 Å². The van der Waals surface area contributed by atoms with Gasteiger partial charge in [0.05, 0.1) is 13.2 Å². The first-order chi connectivity index (χ1) is 12.1. The van der Waals surface area contributed by atoms with Gasteiger partial charge < -0.3 is 19.6 Å². The van der Waals surface area contributed by atoms with Gasteiger partial charge in [-0.2, -0.15) is 0 Å². The molecular weight excluding hydrogens is 338 g/mol. The van der Waals surface area contributed by atoms with Crippen LogP contribution in [0.4, 0.5) is 4.79 Å². The third-order valence-electron chi connectivity index (χ3n) is 4.88. The highest BCUT2D eigenvalue weighted by Gasteiger charge is 2.49. The molecule has 3 amide bonds. The number of ether oxygens (including phenoxy) is 1. The van der Waals surface area contributed by atoms with E-state index in [0.717, 1.165) is 6.42 Å². The number of carbonyl (C=O) groups is 3. The van der Waals surface area contributed by atoms with Gasteiger partial charge in [0, 0.05) is 19.5 Å². The molecule has 0 spiro atoms. The van der Waals surface area contributed by atoms with Gasteiger partial charge in [0.15, 0.2) is 0 Å². The first kappa shape index (κ1) is 20.5.